The fourth-order valence-corrected chi connectivity index (χ4v) is 2.13. The molecule has 0 nitrogen and oxygen atoms in total. The average molecular weight is 260 g/mol. The van der Waals surface area contributed by atoms with E-state index in [0.29, 0.717) is 11.1 Å². The van der Waals surface area contributed by atoms with Gasteiger partial charge in [0.15, 0.2) is 0 Å². The molecular formula is C17H18F2. The van der Waals surface area contributed by atoms with Gasteiger partial charge in [0.05, 0.1) is 0 Å². The lowest BCUT2D eigenvalue weighted by molar-refractivity contribution is 0.582. The lowest BCUT2D eigenvalue weighted by Crippen LogP contribution is -2.19. The van der Waals surface area contributed by atoms with Crippen LogP contribution in [0.15, 0.2) is 36.4 Å². The van der Waals surface area contributed by atoms with Gasteiger partial charge in [0, 0.05) is 5.41 Å². The van der Waals surface area contributed by atoms with Gasteiger partial charge in [0.1, 0.15) is 11.6 Å². The van der Waals surface area contributed by atoms with Crippen LogP contribution in [0.25, 0.3) is 0 Å². The van der Waals surface area contributed by atoms with Crippen molar-refractivity contribution in [2.24, 2.45) is 0 Å². The highest BCUT2D eigenvalue weighted by molar-refractivity contribution is 5.40. The number of hydrogen-bond donors (Lipinski definition) is 0. The van der Waals surface area contributed by atoms with Crippen LogP contribution in [0.3, 0.4) is 0 Å². The summed E-state index contributed by atoms with van der Waals surface area (Å²) in [5.74, 6) is -0.448. The van der Waals surface area contributed by atoms with E-state index in [1.807, 2.05) is 26.0 Å². The highest BCUT2D eigenvalue weighted by Gasteiger charge is 2.24. The molecule has 0 radical (unpaired) electrons. The number of benzene rings is 2. The van der Waals surface area contributed by atoms with E-state index in [2.05, 4.69) is 0 Å². The van der Waals surface area contributed by atoms with Crippen LogP contribution in [0.5, 0.6) is 0 Å². The summed E-state index contributed by atoms with van der Waals surface area (Å²) in [6, 6.07) is 10.4. The molecule has 2 aromatic carbocycles. The normalized spacial score (nSPS) is 11.7. The number of hydrogen-bond acceptors (Lipinski definition) is 0. The Labute approximate surface area is 113 Å². The lowest BCUT2D eigenvalue weighted by atomic mass is 9.77. The molecule has 0 aliphatic heterocycles. The van der Waals surface area contributed by atoms with E-state index in [1.54, 1.807) is 26.0 Å². The molecule has 0 aromatic heterocycles. The van der Waals surface area contributed by atoms with Gasteiger partial charge in [-0.15, -0.1) is 0 Å². The molecule has 0 fully saturated rings. The molecule has 0 amide bonds. The summed E-state index contributed by atoms with van der Waals surface area (Å²) < 4.78 is 27.4. The van der Waals surface area contributed by atoms with Gasteiger partial charge in [0.25, 0.3) is 0 Å². The van der Waals surface area contributed by atoms with Crippen molar-refractivity contribution in [1.82, 2.24) is 0 Å². The molecule has 0 heterocycles. The predicted octanol–water partition coefficient (Wildman–Crippen LogP) is 4.91. The zero-order valence-corrected chi connectivity index (χ0v) is 11.7. The fourth-order valence-electron chi connectivity index (χ4n) is 2.13. The number of rotatable bonds is 2. The van der Waals surface area contributed by atoms with E-state index >= 15 is 0 Å². The van der Waals surface area contributed by atoms with E-state index in [-0.39, 0.29) is 11.6 Å². The Morgan fingerprint density at radius 1 is 0.737 bits per heavy atom. The van der Waals surface area contributed by atoms with Crippen molar-refractivity contribution in [2.75, 3.05) is 0 Å². The second-order valence-corrected chi connectivity index (χ2v) is 5.55. The highest BCUT2D eigenvalue weighted by Crippen LogP contribution is 2.33. The van der Waals surface area contributed by atoms with E-state index in [4.69, 9.17) is 0 Å². The minimum atomic E-state index is -0.428. The summed E-state index contributed by atoms with van der Waals surface area (Å²) >= 11 is 0. The fraction of sp³-hybridized carbons (Fsp3) is 0.294. The van der Waals surface area contributed by atoms with Crippen LogP contribution < -0.4 is 0 Å². The van der Waals surface area contributed by atoms with Gasteiger partial charge < -0.3 is 0 Å². The van der Waals surface area contributed by atoms with Gasteiger partial charge >= 0.3 is 0 Å². The molecular weight excluding hydrogens is 242 g/mol. The molecule has 0 atom stereocenters. The summed E-state index contributed by atoms with van der Waals surface area (Å²) in [4.78, 5) is 0. The van der Waals surface area contributed by atoms with Crippen LogP contribution in [0.1, 0.15) is 36.1 Å². The largest absolute Gasteiger partial charge is 0.207 e. The Kier molecular flexibility index (Phi) is 3.44. The maximum atomic E-state index is 13.7. The minimum Gasteiger partial charge on any atom is -0.207 e. The highest BCUT2D eigenvalue weighted by atomic mass is 19.1. The third kappa shape index (κ3) is 2.53. The molecule has 0 saturated carbocycles. The van der Waals surface area contributed by atoms with Crippen LogP contribution in [0, 0.1) is 25.5 Å². The van der Waals surface area contributed by atoms with Gasteiger partial charge in [0.2, 0.25) is 0 Å². The van der Waals surface area contributed by atoms with Crippen LogP contribution in [-0.4, -0.2) is 0 Å². The summed E-state index contributed by atoms with van der Waals surface area (Å²) in [6.07, 6.45) is 0. The van der Waals surface area contributed by atoms with Crippen molar-refractivity contribution in [1.29, 1.82) is 0 Å². The van der Waals surface area contributed by atoms with E-state index in [1.165, 1.54) is 12.1 Å². The van der Waals surface area contributed by atoms with Gasteiger partial charge in [-0.1, -0.05) is 38.1 Å². The van der Waals surface area contributed by atoms with Crippen molar-refractivity contribution in [3.05, 3.63) is 70.3 Å². The monoisotopic (exact) mass is 260 g/mol. The first-order valence-electron chi connectivity index (χ1n) is 6.35. The van der Waals surface area contributed by atoms with E-state index in [9.17, 15) is 8.78 Å². The Hall–Kier alpha value is -1.70. The third-order valence-corrected chi connectivity index (χ3v) is 3.79. The standard InChI is InChI=1S/C17H18F2/c1-11-5-7-13(9-15(11)18)17(3,4)14-8-6-12(2)16(19)10-14/h5-10H,1-4H3. The molecule has 0 unspecified atom stereocenters. The van der Waals surface area contributed by atoms with Crippen molar-refractivity contribution >= 4 is 0 Å². The van der Waals surface area contributed by atoms with Crippen molar-refractivity contribution in [3.63, 3.8) is 0 Å². The Morgan fingerprint density at radius 2 is 1.11 bits per heavy atom. The smallest absolute Gasteiger partial charge is 0.126 e. The maximum absolute atomic E-state index is 13.7. The van der Waals surface area contributed by atoms with Gasteiger partial charge in [-0.2, -0.15) is 0 Å². The topological polar surface area (TPSA) is 0 Å². The van der Waals surface area contributed by atoms with Gasteiger partial charge in [-0.3, -0.25) is 0 Å². The number of aryl methyl sites for hydroxylation is 2. The van der Waals surface area contributed by atoms with E-state index in [0.717, 1.165) is 11.1 Å². The van der Waals surface area contributed by atoms with Crippen molar-refractivity contribution in [2.45, 2.75) is 33.1 Å². The van der Waals surface area contributed by atoms with Crippen LogP contribution in [0.4, 0.5) is 8.78 Å². The van der Waals surface area contributed by atoms with Crippen molar-refractivity contribution < 1.29 is 8.78 Å². The zero-order chi connectivity index (χ0) is 14.2. The Bertz CT molecular complexity index is 559. The SMILES string of the molecule is Cc1ccc(C(C)(C)c2ccc(C)c(F)c2)cc1F. The second kappa shape index (κ2) is 4.76. The summed E-state index contributed by atoms with van der Waals surface area (Å²) in [5, 5.41) is 0. The quantitative estimate of drug-likeness (QED) is 0.720. The molecule has 0 N–H and O–H groups in total. The molecule has 0 spiro atoms. The van der Waals surface area contributed by atoms with Crippen LogP contribution in [0.2, 0.25) is 0 Å². The Morgan fingerprint density at radius 3 is 1.42 bits per heavy atom. The summed E-state index contributed by atoms with van der Waals surface area (Å²) in [6.45, 7) is 7.41. The molecule has 2 rings (SSSR count). The molecule has 2 aromatic rings. The lowest BCUT2D eigenvalue weighted by Gasteiger charge is -2.26. The summed E-state index contributed by atoms with van der Waals surface area (Å²) in [7, 11) is 0. The molecule has 19 heavy (non-hydrogen) atoms. The molecule has 0 aliphatic rings. The molecule has 0 saturated heterocycles. The van der Waals surface area contributed by atoms with Crippen LogP contribution >= 0.6 is 0 Å². The molecule has 100 valence electrons. The average Bonchev–Trinajstić information content (AvgIpc) is 2.35. The van der Waals surface area contributed by atoms with E-state index < -0.39 is 5.41 Å². The van der Waals surface area contributed by atoms with Crippen LogP contribution in [-0.2, 0) is 5.41 Å². The maximum Gasteiger partial charge on any atom is 0.126 e. The minimum absolute atomic E-state index is 0.224. The zero-order valence-electron chi connectivity index (χ0n) is 11.7. The van der Waals surface area contributed by atoms with Crippen molar-refractivity contribution in [3.8, 4) is 0 Å². The molecule has 2 heteroatoms. The van der Waals surface area contributed by atoms with Gasteiger partial charge in [-0.05, 0) is 48.2 Å². The first-order chi connectivity index (χ1) is 8.82. The second-order valence-electron chi connectivity index (χ2n) is 5.55. The predicted molar refractivity (Wildman–Crippen MR) is 74.4 cm³/mol. The van der Waals surface area contributed by atoms with Gasteiger partial charge in [-0.25, -0.2) is 8.78 Å². The summed E-state index contributed by atoms with van der Waals surface area (Å²) in [5.41, 5.74) is 2.50. The molecule has 0 bridgehead atoms. The first kappa shape index (κ1) is 13.7. The molecule has 0 aliphatic carbocycles. The first-order valence-corrected chi connectivity index (χ1v) is 6.35. The third-order valence-electron chi connectivity index (χ3n) is 3.79. The number of halogens is 2. The Balaban J connectivity index is 2.51.